The summed E-state index contributed by atoms with van der Waals surface area (Å²) in [6.45, 7) is 2.57. The van der Waals surface area contributed by atoms with Gasteiger partial charge < -0.3 is 16.0 Å². The van der Waals surface area contributed by atoms with E-state index in [1.54, 1.807) is 29.2 Å². The van der Waals surface area contributed by atoms with Crippen molar-refractivity contribution in [2.45, 2.75) is 0 Å². The van der Waals surface area contributed by atoms with E-state index in [0.29, 0.717) is 43.1 Å². The standard InChI is InChI=1S/C19H21FN4O2.2ClH/c20-15-4-6-17(7-5-15)22-18(25)13-23-8-10-24(11-9-23)19(26)14-2-1-3-16(21)12-14;;/h1-7,12H,8-11,13,21H2,(H,22,25);2*1H. The number of hydrogen-bond donors (Lipinski definition) is 2. The van der Waals surface area contributed by atoms with Gasteiger partial charge >= 0.3 is 0 Å². The third-order valence-corrected chi connectivity index (χ3v) is 4.29. The molecule has 0 saturated carbocycles. The normalized spacial score (nSPS) is 13.8. The van der Waals surface area contributed by atoms with E-state index in [1.807, 2.05) is 4.90 Å². The molecule has 1 aliphatic heterocycles. The first-order chi connectivity index (χ1) is 12.5. The fourth-order valence-corrected chi connectivity index (χ4v) is 2.90. The summed E-state index contributed by atoms with van der Waals surface area (Å²) in [4.78, 5) is 28.3. The van der Waals surface area contributed by atoms with Crippen LogP contribution < -0.4 is 11.1 Å². The maximum atomic E-state index is 12.9. The van der Waals surface area contributed by atoms with E-state index >= 15 is 0 Å². The van der Waals surface area contributed by atoms with Crippen molar-refractivity contribution in [1.29, 1.82) is 0 Å². The Morgan fingerprint density at radius 2 is 1.64 bits per heavy atom. The molecule has 6 nitrogen and oxygen atoms in total. The van der Waals surface area contributed by atoms with Gasteiger partial charge in [0, 0.05) is 43.1 Å². The average Bonchev–Trinajstić information content (AvgIpc) is 2.64. The Hall–Kier alpha value is -2.35. The van der Waals surface area contributed by atoms with Gasteiger partial charge in [-0.05, 0) is 42.5 Å². The lowest BCUT2D eigenvalue weighted by Gasteiger charge is -2.34. The minimum atomic E-state index is -0.344. The first-order valence-electron chi connectivity index (χ1n) is 8.44. The number of carbonyl (C=O) groups is 2. The number of nitrogens with one attached hydrogen (secondary N) is 1. The van der Waals surface area contributed by atoms with Crippen LogP contribution in [0, 0.1) is 5.82 Å². The quantitative estimate of drug-likeness (QED) is 0.733. The summed E-state index contributed by atoms with van der Waals surface area (Å²) in [5.74, 6) is -0.552. The number of amides is 2. The number of hydrogen-bond acceptors (Lipinski definition) is 4. The molecule has 2 amide bonds. The molecule has 2 aromatic rings. The number of piperazine rings is 1. The number of benzene rings is 2. The zero-order valence-electron chi connectivity index (χ0n) is 15.1. The summed E-state index contributed by atoms with van der Waals surface area (Å²) < 4.78 is 12.9. The van der Waals surface area contributed by atoms with Crippen molar-refractivity contribution in [2.75, 3.05) is 43.8 Å². The lowest BCUT2D eigenvalue weighted by molar-refractivity contribution is -0.117. The Morgan fingerprint density at radius 1 is 1.00 bits per heavy atom. The number of nitrogens with zero attached hydrogens (tertiary/aromatic N) is 2. The van der Waals surface area contributed by atoms with Gasteiger partial charge in [-0.15, -0.1) is 24.8 Å². The summed E-state index contributed by atoms with van der Waals surface area (Å²) in [6.07, 6.45) is 0. The summed E-state index contributed by atoms with van der Waals surface area (Å²) in [5.41, 5.74) is 7.43. The Balaban J connectivity index is 0.00000196. The lowest BCUT2D eigenvalue weighted by Crippen LogP contribution is -2.50. The van der Waals surface area contributed by atoms with Crippen LogP contribution in [0.5, 0.6) is 0 Å². The fraction of sp³-hybridized carbons (Fsp3) is 0.263. The van der Waals surface area contributed by atoms with Crippen molar-refractivity contribution >= 4 is 48.0 Å². The molecule has 2 aromatic carbocycles. The first-order valence-corrected chi connectivity index (χ1v) is 8.44. The molecule has 28 heavy (non-hydrogen) atoms. The van der Waals surface area contributed by atoms with Crippen molar-refractivity contribution in [3.63, 3.8) is 0 Å². The van der Waals surface area contributed by atoms with Gasteiger partial charge in [0.15, 0.2) is 0 Å². The maximum Gasteiger partial charge on any atom is 0.254 e. The van der Waals surface area contributed by atoms with E-state index < -0.39 is 0 Å². The Bertz CT molecular complexity index is 797. The van der Waals surface area contributed by atoms with Crippen LogP contribution in [-0.2, 0) is 4.79 Å². The van der Waals surface area contributed by atoms with Gasteiger partial charge in [0.05, 0.1) is 6.54 Å². The van der Waals surface area contributed by atoms with Crippen molar-refractivity contribution < 1.29 is 14.0 Å². The van der Waals surface area contributed by atoms with E-state index in [9.17, 15) is 14.0 Å². The van der Waals surface area contributed by atoms with E-state index in [2.05, 4.69) is 5.32 Å². The largest absolute Gasteiger partial charge is 0.399 e. The smallest absolute Gasteiger partial charge is 0.254 e. The number of nitrogen functional groups attached to an aromatic ring is 1. The summed E-state index contributed by atoms with van der Waals surface area (Å²) in [5, 5.41) is 2.74. The van der Waals surface area contributed by atoms with Gasteiger partial charge in [0.25, 0.3) is 5.91 Å². The summed E-state index contributed by atoms with van der Waals surface area (Å²) >= 11 is 0. The molecular formula is C19H23Cl2FN4O2. The summed E-state index contributed by atoms with van der Waals surface area (Å²) in [6, 6.07) is 12.6. The molecule has 3 N–H and O–H groups in total. The van der Waals surface area contributed by atoms with Gasteiger partial charge in [-0.25, -0.2) is 4.39 Å². The van der Waals surface area contributed by atoms with Crippen LogP contribution in [0.4, 0.5) is 15.8 Å². The molecule has 0 atom stereocenters. The van der Waals surface area contributed by atoms with Crippen molar-refractivity contribution in [3.05, 3.63) is 59.9 Å². The van der Waals surface area contributed by atoms with Gasteiger partial charge in [0.2, 0.25) is 5.91 Å². The second kappa shape index (κ2) is 10.8. The van der Waals surface area contributed by atoms with Gasteiger partial charge in [-0.2, -0.15) is 0 Å². The molecule has 1 aliphatic rings. The SMILES string of the molecule is Cl.Cl.Nc1cccc(C(=O)N2CCN(CC(=O)Nc3ccc(F)cc3)CC2)c1. The number of carbonyl (C=O) groups excluding carboxylic acids is 2. The molecule has 0 bridgehead atoms. The van der Waals surface area contributed by atoms with Crippen molar-refractivity contribution in [3.8, 4) is 0 Å². The van der Waals surface area contributed by atoms with Crippen LogP contribution in [0.15, 0.2) is 48.5 Å². The molecule has 1 saturated heterocycles. The average molecular weight is 429 g/mol. The molecule has 0 aliphatic carbocycles. The van der Waals surface area contributed by atoms with Crippen LogP contribution >= 0.6 is 24.8 Å². The molecule has 0 spiro atoms. The molecule has 0 unspecified atom stereocenters. The maximum absolute atomic E-state index is 12.9. The fourth-order valence-electron chi connectivity index (χ4n) is 2.90. The molecule has 9 heteroatoms. The second-order valence-electron chi connectivity index (χ2n) is 6.25. The van der Waals surface area contributed by atoms with Crippen LogP contribution in [0.1, 0.15) is 10.4 Å². The molecule has 1 fully saturated rings. The second-order valence-corrected chi connectivity index (χ2v) is 6.25. The Kier molecular flexibility index (Phi) is 9.18. The molecule has 1 heterocycles. The predicted molar refractivity (Wildman–Crippen MR) is 113 cm³/mol. The zero-order valence-corrected chi connectivity index (χ0v) is 16.8. The predicted octanol–water partition coefficient (Wildman–Crippen LogP) is 2.65. The Labute approximate surface area is 175 Å². The minimum Gasteiger partial charge on any atom is -0.399 e. The van der Waals surface area contributed by atoms with Gasteiger partial charge in [0.1, 0.15) is 5.82 Å². The highest BCUT2D eigenvalue weighted by molar-refractivity contribution is 5.95. The molecule has 0 radical (unpaired) electrons. The van der Waals surface area contributed by atoms with Crippen LogP contribution in [0.25, 0.3) is 0 Å². The highest BCUT2D eigenvalue weighted by Gasteiger charge is 2.23. The number of rotatable bonds is 4. The third-order valence-electron chi connectivity index (χ3n) is 4.29. The molecule has 3 rings (SSSR count). The number of nitrogens with two attached hydrogens (primary N) is 1. The molecular weight excluding hydrogens is 406 g/mol. The highest BCUT2D eigenvalue weighted by Crippen LogP contribution is 2.12. The van der Waals surface area contributed by atoms with E-state index in [0.717, 1.165) is 0 Å². The van der Waals surface area contributed by atoms with Crippen molar-refractivity contribution in [2.24, 2.45) is 0 Å². The first kappa shape index (κ1) is 23.7. The van der Waals surface area contributed by atoms with Crippen LogP contribution in [0.2, 0.25) is 0 Å². The minimum absolute atomic E-state index is 0. The number of halogens is 3. The highest BCUT2D eigenvalue weighted by atomic mass is 35.5. The van der Waals surface area contributed by atoms with E-state index in [1.165, 1.54) is 24.3 Å². The number of anilines is 2. The van der Waals surface area contributed by atoms with Gasteiger partial charge in [-0.3, -0.25) is 14.5 Å². The van der Waals surface area contributed by atoms with Crippen LogP contribution in [0.3, 0.4) is 0 Å². The lowest BCUT2D eigenvalue weighted by atomic mass is 10.1. The van der Waals surface area contributed by atoms with Gasteiger partial charge in [-0.1, -0.05) is 6.07 Å². The zero-order chi connectivity index (χ0) is 18.5. The molecule has 0 aromatic heterocycles. The van der Waals surface area contributed by atoms with Crippen LogP contribution in [-0.4, -0.2) is 54.3 Å². The van der Waals surface area contributed by atoms with Crippen molar-refractivity contribution in [1.82, 2.24) is 9.80 Å². The molecule has 152 valence electrons. The van der Waals surface area contributed by atoms with E-state index in [-0.39, 0.29) is 49.0 Å². The topological polar surface area (TPSA) is 78.7 Å². The Morgan fingerprint density at radius 3 is 2.25 bits per heavy atom. The monoisotopic (exact) mass is 428 g/mol. The third kappa shape index (κ3) is 6.37. The summed E-state index contributed by atoms with van der Waals surface area (Å²) in [7, 11) is 0. The van der Waals surface area contributed by atoms with E-state index in [4.69, 9.17) is 5.73 Å².